The molecule has 1 aromatic carbocycles. The maximum absolute atomic E-state index is 12.3. The monoisotopic (exact) mass is 275 g/mol. The molecule has 3 rings (SSSR count). The Labute approximate surface area is 118 Å². The number of benzene rings is 1. The molecule has 0 unspecified atom stereocenters. The number of allylic oxidation sites excluding steroid dienone is 2. The number of halogens is 1. The molecule has 0 heterocycles. The second-order valence-corrected chi connectivity index (χ2v) is 5.91. The molecular weight excluding hydrogens is 258 g/mol. The Balaban J connectivity index is 1.64. The zero-order valence-electron chi connectivity index (χ0n) is 10.8. The maximum atomic E-state index is 12.3. The lowest BCUT2D eigenvalue weighted by Crippen LogP contribution is -2.15. The van der Waals surface area contributed by atoms with Crippen LogP contribution in [-0.4, -0.2) is 5.91 Å². The highest BCUT2D eigenvalue weighted by Gasteiger charge is 2.52. The third-order valence-electron chi connectivity index (χ3n) is 4.16. The smallest absolute Gasteiger partial charge is 0.228 e. The number of anilines is 1. The van der Waals surface area contributed by atoms with Crippen LogP contribution >= 0.6 is 11.6 Å². The minimum absolute atomic E-state index is 0.156. The molecule has 1 aromatic rings. The van der Waals surface area contributed by atoms with Crippen LogP contribution in [0.5, 0.6) is 0 Å². The van der Waals surface area contributed by atoms with Gasteiger partial charge in [-0.3, -0.25) is 4.79 Å². The van der Waals surface area contributed by atoms with Crippen LogP contribution in [-0.2, 0) is 4.79 Å². The number of carbonyl (C=O) groups excluding carboxylic acids is 1. The quantitative estimate of drug-likeness (QED) is 0.803. The van der Waals surface area contributed by atoms with Gasteiger partial charge in [-0.15, -0.1) is 0 Å². The molecule has 2 aliphatic rings. The van der Waals surface area contributed by atoms with E-state index in [1.165, 1.54) is 19.3 Å². The molecular formula is C16H18ClNO. The largest absolute Gasteiger partial charge is 0.326 e. The Morgan fingerprint density at radius 3 is 2.79 bits per heavy atom. The van der Waals surface area contributed by atoms with Crippen LogP contribution in [0.3, 0.4) is 0 Å². The van der Waals surface area contributed by atoms with Crippen LogP contribution in [0.1, 0.15) is 25.7 Å². The van der Waals surface area contributed by atoms with E-state index in [0.29, 0.717) is 16.9 Å². The Hall–Kier alpha value is -1.28. The van der Waals surface area contributed by atoms with E-state index in [0.717, 1.165) is 12.1 Å². The molecule has 19 heavy (non-hydrogen) atoms. The summed E-state index contributed by atoms with van der Waals surface area (Å²) in [6, 6.07) is 7.29. The zero-order valence-corrected chi connectivity index (χ0v) is 11.6. The molecule has 0 aromatic heterocycles. The summed E-state index contributed by atoms with van der Waals surface area (Å²) in [5, 5.41) is 3.69. The van der Waals surface area contributed by atoms with Crippen LogP contribution in [0, 0.1) is 17.8 Å². The van der Waals surface area contributed by atoms with Crippen molar-refractivity contribution in [1.29, 1.82) is 0 Å². The van der Waals surface area contributed by atoms with Crippen molar-refractivity contribution in [2.45, 2.75) is 25.7 Å². The van der Waals surface area contributed by atoms with Gasteiger partial charge in [-0.1, -0.05) is 30.2 Å². The summed E-state index contributed by atoms with van der Waals surface area (Å²) < 4.78 is 0. The lowest BCUT2D eigenvalue weighted by atomic mass is 10.1. The van der Waals surface area contributed by atoms with Gasteiger partial charge in [-0.2, -0.15) is 0 Å². The summed E-state index contributed by atoms with van der Waals surface area (Å²) in [6.07, 6.45) is 9.34. The van der Waals surface area contributed by atoms with Gasteiger partial charge in [-0.25, -0.2) is 0 Å². The number of amides is 1. The van der Waals surface area contributed by atoms with Crippen molar-refractivity contribution in [3.63, 3.8) is 0 Å². The van der Waals surface area contributed by atoms with Crippen molar-refractivity contribution in [3.05, 3.63) is 41.4 Å². The Morgan fingerprint density at radius 1 is 1.21 bits per heavy atom. The molecule has 1 fully saturated rings. The predicted octanol–water partition coefficient (Wildman–Crippen LogP) is 4.27. The lowest BCUT2D eigenvalue weighted by molar-refractivity contribution is -0.117. The van der Waals surface area contributed by atoms with Crippen molar-refractivity contribution in [2.75, 3.05) is 5.32 Å². The molecule has 3 heteroatoms. The van der Waals surface area contributed by atoms with E-state index in [1.54, 1.807) is 12.1 Å². The first-order valence-electron chi connectivity index (χ1n) is 6.99. The van der Waals surface area contributed by atoms with Crippen molar-refractivity contribution in [2.24, 2.45) is 17.8 Å². The number of nitrogens with one attached hydrogen (secondary N) is 1. The normalized spacial score (nSPS) is 30.7. The highest BCUT2D eigenvalue weighted by atomic mass is 35.5. The van der Waals surface area contributed by atoms with Crippen molar-refractivity contribution >= 4 is 23.2 Å². The zero-order chi connectivity index (χ0) is 13.2. The molecule has 0 radical (unpaired) electrons. The highest BCUT2D eigenvalue weighted by molar-refractivity contribution is 6.30. The first-order chi connectivity index (χ1) is 9.25. The fourth-order valence-corrected chi connectivity index (χ4v) is 3.18. The van der Waals surface area contributed by atoms with E-state index >= 15 is 0 Å². The van der Waals surface area contributed by atoms with E-state index in [2.05, 4.69) is 17.5 Å². The average Bonchev–Trinajstić information content (AvgIpc) is 3.03. The predicted molar refractivity (Wildman–Crippen MR) is 78.2 cm³/mol. The van der Waals surface area contributed by atoms with Crippen LogP contribution in [0.4, 0.5) is 5.69 Å². The molecule has 1 N–H and O–H groups in total. The van der Waals surface area contributed by atoms with E-state index < -0.39 is 0 Å². The van der Waals surface area contributed by atoms with Gasteiger partial charge in [0, 0.05) is 16.6 Å². The lowest BCUT2D eigenvalue weighted by Gasteiger charge is -2.04. The summed E-state index contributed by atoms with van der Waals surface area (Å²) in [4.78, 5) is 12.3. The van der Waals surface area contributed by atoms with Gasteiger partial charge in [0.1, 0.15) is 0 Å². The maximum Gasteiger partial charge on any atom is 0.228 e. The minimum Gasteiger partial charge on any atom is -0.326 e. The van der Waals surface area contributed by atoms with Gasteiger partial charge in [0.25, 0.3) is 0 Å². The molecule has 1 saturated carbocycles. The van der Waals surface area contributed by atoms with E-state index in [4.69, 9.17) is 11.6 Å². The van der Waals surface area contributed by atoms with Gasteiger partial charge < -0.3 is 5.32 Å². The fraction of sp³-hybridized carbons (Fsp3) is 0.438. The molecule has 3 atom stereocenters. The Kier molecular flexibility index (Phi) is 3.61. The minimum atomic E-state index is 0.156. The molecule has 2 nitrogen and oxygen atoms in total. The first-order valence-corrected chi connectivity index (χ1v) is 7.36. The van der Waals surface area contributed by atoms with Gasteiger partial charge in [0.2, 0.25) is 5.91 Å². The second kappa shape index (κ2) is 5.38. The van der Waals surface area contributed by atoms with Gasteiger partial charge in [0.15, 0.2) is 0 Å². The van der Waals surface area contributed by atoms with Crippen LogP contribution < -0.4 is 5.32 Å². The van der Waals surface area contributed by atoms with Crippen molar-refractivity contribution in [1.82, 2.24) is 0 Å². The third kappa shape index (κ3) is 2.84. The van der Waals surface area contributed by atoms with Gasteiger partial charge in [0.05, 0.1) is 0 Å². The van der Waals surface area contributed by atoms with E-state index in [-0.39, 0.29) is 11.8 Å². The Morgan fingerprint density at radius 2 is 2.00 bits per heavy atom. The molecule has 0 saturated heterocycles. The number of hydrogen-bond donors (Lipinski definition) is 1. The van der Waals surface area contributed by atoms with E-state index in [1.807, 2.05) is 12.1 Å². The topological polar surface area (TPSA) is 29.1 Å². The molecule has 2 aliphatic carbocycles. The number of rotatable bonds is 2. The molecule has 0 bridgehead atoms. The molecule has 0 aliphatic heterocycles. The van der Waals surface area contributed by atoms with E-state index in [9.17, 15) is 4.79 Å². The summed E-state index contributed by atoms with van der Waals surface area (Å²) in [5.74, 6) is 1.35. The second-order valence-electron chi connectivity index (χ2n) is 5.48. The Bertz CT molecular complexity index is 494. The number of carbonyl (C=O) groups is 1. The van der Waals surface area contributed by atoms with Crippen LogP contribution in [0.2, 0.25) is 5.02 Å². The summed E-state index contributed by atoms with van der Waals surface area (Å²) in [7, 11) is 0. The highest BCUT2D eigenvalue weighted by Crippen LogP contribution is 2.51. The SMILES string of the molecule is O=C(Nc1ccc(Cl)cc1)[C@@H]1[C@H]2/C=C\CCCC[C@@H]21. The number of fused-ring (bicyclic) bond motifs is 1. The van der Waals surface area contributed by atoms with Crippen molar-refractivity contribution < 1.29 is 4.79 Å². The average molecular weight is 276 g/mol. The van der Waals surface area contributed by atoms with Crippen molar-refractivity contribution in [3.8, 4) is 0 Å². The molecule has 1 amide bonds. The van der Waals surface area contributed by atoms with Gasteiger partial charge in [-0.05, 0) is 55.4 Å². The van der Waals surface area contributed by atoms with Gasteiger partial charge >= 0.3 is 0 Å². The summed E-state index contributed by atoms with van der Waals surface area (Å²) in [6.45, 7) is 0. The standard InChI is InChI=1S/C16H18ClNO/c17-11-7-9-12(10-8-11)18-16(19)15-13-5-3-1-2-4-6-14(13)15/h3,5,7-10,13-15H,1-2,4,6H2,(H,18,19)/b5-3-/t13-,14-,15+/m0/s1. The fourth-order valence-electron chi connectivity index (χ4n) is 3.06. The number of hydrogen-bond acceptors (Lipinski definition) is 1. The summed E-state index contributed by atoms with van der Waals surface area (Å²) >= 11 is 5.84. The first kappa shape index (κ1) is 12.7. The van der Waals surface area contributed by atoms with Crippen LogP contribution in [0.15, 0.2) is 36.4 Å². The van der Waals surface area contributed by atoms with Crippen LogP contribution in [0.25, 0.3) is 0 Å². The molecule has 0 spiro atoms. The molecule has 100 valence electrons. The third-order valence-corrected chi connectivity index (χ3v) is 4.41. The summed E-state index contributed by atoms with van der Waals surface area (Å²) in [5.41, 5.74) is 0.831.